The lowest BCUT2D eigenvalue weighted by molar-refractivity contribution is -0.145. The third-order valence-electron chi connectivity index (χ3n) is 4.64. The number of hydrogen-bond donors (Lipinski definition) is 1. The van der Waals surface area contributed by atoms with Crippen molar-refractivity contribution in [2.45, 2.75) is 32.1 Å². The van der Waals surface area contributed by atoms with E-state index in [2.05, 4.69) is 5.32 Å². The summed E-state index contributed by atoms with van der Waals surface area (Å²) >= 11 is 0. The summed E-state index contributed by atoms with van der Waals surface area (Å²) in [5.41, 5.74) is 1.75. The lowest BCUT2D eigenvalue weighted by Crippen LogP contribution is -2.47. The molecule has 3 rings (SSSR count). The second-order valence-electron chi connectivity index (χ2n) is 6.76. The van der Waals surface area contributed by atoms with Gasteiger partial charge in [-0.05, 0) is 24.0 Å². The van der Waals surface area contributed by atoms with Crippen LogP contribution in [-0.2, 0) is 32.3 Å². The van der Waals surface area contributed by atoms with E-state index in [0.717, 1.165) is 11.1 Å². The number of carbonyl (C=O) groups excluding carboxylic acids is 3. The van der Waals surface area contributed by atoms with E-state index in [-0.39, 0.29) is 25.7 Å². The highest BCUT2D eigenvalue weighted by atomic mass is 16.6. The summed E-state index contributed by atoms with van der Waals surface area (Å²) in [6.07, 6.45) is 0.709. The van der Waals surface area contributed by atoms with E-state index in [1.807, 2.05) is 60.7 Å². The Morgan fingerprint density at radius 1 is 0.897 bits per heavy atom. The van der Waals surface area contributed by atoms with E-state index < -0.39 is 18.1 Å². The first-order chi connectivity index (χ1) is 14.1. The smallest absolute Gasteiger partial charge is 0.410 e. The van der Waals surface area contributed by atoms with Crippen LogP contribution in [0.3, 0.4) is 0 Å². The molecule has 1 unspecified atom stereocenters. The van der Waals surface area contributed by atoms with Crippen LogP contribution in [0.1, 0.15) is 24.0 Å². The second kappa shape index (κ2) is 10.3. The van der Waals surface area contributed by atoms with Gasteiger partial charge >= 0.3 is 12.1 Å². The first-order valence-corrected chi connectivity index (χ1v) is 9.58. The fourth-order valence-electron chi connectivity index (χ4n) is 3.13. The predicted octanol–water partition coefficient (Wildman–Crippen LogP) is 2.65. The highest BCUT2D eigenvalue weighted by Gasteiger charge is 2.35. The molecule has 0 aromatic heterocycles. The number of rotatable bonds is 7. The number of ether oxygens (including phenoxy) is 2. The van der Waals surface area contributed by atoms with E-state index >= 15 is 0 Å². The number of carbonyl (C=O) groups is 3. The molecule has 1 aliphatic rings. The third-order valence-corrected chi connectivity index (χ3v) is 4.64. The molecule has 0 saturated carbocycles. The lowest BCUT2D eigenvalue weighted by atomic mass is 10.2. The molecule has 1 aliphatic heterocycles. The average Bonchev–Trinajstić information content (AvgIpc) is 3.26. The number of esters is 1. The zero-order chi connectivity index (χ0) is 20.5. The lowest BCUT2D eigenvalue weighted by Gasteiger charge is -2.23. The number of amides is 2. The number of likely N-dealkylation sites (tertiary alicyclic amines) is 1. The molecule has 7 heteroatoms. The Balaban J connectivity index is 1.43. The summed E-state index contributed by atoms with van der Waals surface area (Å²) in [5.74, 6) is -0.908. The van der Waals surface area contributed by atoms with E-state index in [4.69, 9.17) is 9.47 Å². The summed E-state index contributed by atoms with van der Waals surface area (Å²) < 4.78 is 10.5. The van der Waals surface area contributed by atoms with Crippen molar-refractivity contribution in [3.63, 3.8) is 0 Å². The van der Waals surface area contributed by atoms with Crippen LogP contribution in [0.25, 0.3) is 0 Å². The minimum Gasteiger partial charge on any atom is -0.460 e. The van der Waals surface area contributed by atoms with Crippen molar-refractivity contribution < 1.29 is 23.9 Å². The normalized spacial score (nSPS) is 15.6. The fourth-order valence-corrected chi connectivity index (χ4v) is 3.13. The minimum absolute atomic E-state index is 0.149. The summed E-state index contributed by atoms with van der Waals surface area (Å²) in [5, 5.41) is 2.56. The summed E-state index contributed by atoms with van der Waals surface area (Å²) in [6, 6.07) is 18.0. The second-order valence-corrected chi connectivity index (χ2v) is 6.76. The Morgan fingerprint density at radius 2 is 1.48 bits per heavy atom. The fraction of sp³-hybridized carbons (Fsp3) is 0.318. The maximum Gasteiger partial charge on any atom is 0.410 e. The number of benzene rings is 2. The minimum atomic E-state index is -0.639. The van der Waals surface area contributed by atoms with Crippen molar-refractivity contribution in [1.29, 1.82) is 0 Å². The average molecular weight is 396 g/mol. The number of hydrogen-bond acceptors (Lipinski definition) is 5. The van der Waals surface area contributed by atoms with E-state index in [0.29, 0.717) is 19.4 Å². The van der Waals surface area contributed by atoms with E-state index in [1.165, 1.54) is 4.90 Å². The molecule has 1 heterocycles. The molecule has 0 radical (unpaired) electrons. The van der Waals surface area contributed by atoms with E-state index in [9.17, 15) is 14.4 Å². The molecule has 2 amide bonds. The van der Waals surface area contributed by atoms with Gasteiger partial charge in [-0.3, -0.25) is 14.5 Å². The van der Waals surface area contributed by atoms with Crippen LogP contribution in [0.2, 0.25) is 0 Å². The molecule has 0 spiro atoms. The zero-order valence-electron chi connectivity index (χ0n) is 16.1. The Labute approximate surface area is 169 Å². The monoisotopic (exact) mass is 396 g/mol. The number of nitrogens with zero attached hydrogens (tertiary/aromatic N) is 1. The molecule has 1 saturated heterocycles. The first kappa shape index (κ1) is 20.4. The van der Waals surface area contributed by atoms with Gasteiger partial charge in [0, 0.05) is 6.54 Å². The van der Waals surface area contributed by atoms with Gasteiger partial charge in [0.15, 0.2) is 0 Å². The Morgan fingerprint density at radius 3 is 2.10 bits per heavy atom. The topological polar surface area (TPSA) is 84.9 Å². The van der Waals surface area contributed by atoms with Gasteiger partial charge in [-0.25, -0.2) is 4.79 Å². The van der Waals surface area contributed by atoms with Crippen LogP contribution < -0.4 is 5.32 Å². The summed E-state index contributed by atoms with van der Waals surface area (Å²) in [6.45, 7) is 0.506. The quantitative estimate of drug-likeness (QED) is 0.728. The molecule has 1 atom stereocenters. The summed E-state index contributed by atoms with van der Waals surface area (Å²) in [7, 11) is 0. The molecule has 7 nitrogen and oxygen atoms in total. The van der Waals surface area contributed by atoms with Crippen LogP contribution >= 0.6 is 0 Å². The standard InChI is InChI=1S/C22H24N2O5/c25-20(28-15-17-8-3-1-4-9-17)14-23-21(26)19-12-7-13-24(19)22(27)29-16-18-10-5-2-6-11-18/h1-6,8-11,19H,7,12-16H2,(H,23,26). The Kier molecular flexibility index (Phi) is 7.22. The highest BCUT2D eigenvalue weighted by Crippen LogP contribution is 2.19. The van der Waals surface area contributed by atoms with Crippen LogP contribution in [0.4, 0.5) is 4.79 Å². The SMILES string of the molecule is O=C(CNC(=O)C1CCCN1C(=O)OCc1ccccc1)OCc1ccccc1. The molecule has 1 fully saturated rings. The Hall–Kier alpha value is -3.35. The van der Waals surface area contributed by atoms with Gasteiger partial charge in [-0.1, -0.05) is 60.7 Å². The maximum atomic E-state index is 12.4. The maximum absolute atomic E-state index is 12.4. The van der Waals surface area contributed by atoms with Gasteiger partial charge < -0.3 is 14.8 Å². The van der Waals surface area contributed by atoms with Gasteiger partial charge in [-0.15, -0.1) is 0 Å². The van der Waals surface area contributed by atoms with Crippen LogP contribution in [0.15, 0.2) is 60.7 Å². The van der Waals surface area contributed by atoms with Crippen molar-refractivity contribution >= 4 is 18.0 Å². The van der Waals surface area contributed by atoms with Crippen molar-refractivity contribution in [3.05, 3.63) is 71.8 Å². The van der Waals surface area contributed by atoms with Crippen molar-refractivity contribution in [2.24, 2.45) is 0 Å². The van der Waals surface area contributed by atoms with Crippen LogP contribution in [0, 0.1) is 0 Å². The zero-order valence-corrected chi connectivity index (χ0v) is 16.1. The van der Waals surface area contributed by atoms with Gasteiger partial charge in [0.05, 0.1) is 0 Å². The molecule has 0 aliphatic carbocycles. The molecular weight excluding hydrogens is 372 g/mol. The van der Waals surface area contributed by atoms with Crippen LogP contribution in [0.5, 0.6) is 0 Å². The van der Waals surface area contributed by atoms with Crippen molar-refractivity contribution in [1.82, 2.24) is 10.2 Å². The Bertz CT molecular complexity index is 826. The third kappa shape index (κ3) is 6.07. The van der Waals surface area contributed by atoms with Gasteiger partial charge in [0.1, 0.15) is 25.8 Å². The number of nitrogens with one attached hydrogen (secondary N) is 1. The molecule has 2 aromatic carbocycles. The molecule has 2 aromatic rings. The molecule has 1 N–H and O–H groups in total. The predicted molar refractivity (Wildman–Crippen MR) is 106 cm³/mol. The summed E-state index contributed by atoms with van der Waals surface area (Å²) in [4.78, 5) is 38.1. The van der Waals surface area contributed by atoms with Crippen molar-refractivity contribution in [3.8, 4) is 0 Å². The molecular formula is C22H24N2O5. The largest absolute Gasteiger partial charge is 0.460 e. The van der Waals surface area contributed by atoms with Gasteiger partial charge in [0.25, 0.3) is 0 Å². The van der Waals surface area contributed by atoms with Gasteiger partial charge in [-0.2, -0.15) is 0 Å². The molecule has 0 bridgehead atoms. The van der Waals surface area contributed by atoms with Crippen molar-refractivity contribution in [2.75, 3.05) is 13.1 Å². The first-order valence-electron chi connectivity index (χ1n) is 9.58. The van der Waals surface area contributed by atoms with E-state index in [1.54, 1.807) is 0 Å². The van der Waals surface area contributed by atoms with Gasteiger partial charge in [0.2, 0.25) is 5.91 Å². The molecule has 152 valence electrons. The molecule has 29 heavy (non-hydrogen) atoms. The van der Waals surface area contributed by atoms with Crippen LogP contribution in [-0.4, -0.2) is 42.0 Å². The highest BCUT2D eigenvalue weighted by molar-refractivity contribution is 5.88.